The lowest BCUT2D eigenvalue weighted by Gasteiger charge is -2.32. The van der Waals surface area contributed by atoms with Crippen LogP contribution in [0.3, 0.4) is 0 Å². The van der Waals surface area contributed by atoms with Gasteiger partial charge in [0.1, 0.15) is 12.0 Å². The number of benzene rings is 1. The maximum Gasteiger partial charge on any atom is 0.275 e. The van der Waals surface area contributed by atoms with E-state index in [1.54, 1.807) is 11.3 Å². The number of oxazole rings is 1. The zero-order chi connectivity index (χ0) is 18.8. The number of amides is 1. The van der Waals surface area contributed by atoms with Crippen molar-refractivity contribution in [1.29, 1.82) is 0 Å². The van der Waals surface area contributed by atoms with E-state index >= 15 is 0 Å². The van der Waals surface area contributed by atoms with Gasteiger partial charge in [0.05, 0.1) is 15.2 Å². The fourth-order valence-corrected chi connectivity index (χ4v) is 3.99. The van der Waals surface area contributed by atoms with E-state index in [1.165, 1.54) is 6.26 Å². The van der Waals surface area contributed by atoms with E-state index in [4.69, 9.17) is 9.15 Å². The first-order valence-electron chi connectivity index (χ1n) is 9.09. The highest BCUT2D eigenvalue weighted by Crippen LogP contribution is 2.26. The number of aromatic nitrogens is 2. The molecule has 0 spiro atoms. The van der Waals surface area contributed by atoms with E-state index in [2.05, 4.69) is 22.2 Å². The number of nitrogens with zero attached hydrogens (tertiary/aromatic N) is 3. The molecule has 142 valence electrons. The van der Waals surface area contributed by atoms with Crippen molar-refractivity contribution in [2.24, 2.45) is 0 Å². The van der Waals surface area contributed by atoms with Gasteiger partial charge in [-0.25, -0.2) is 9.97 Å². The normalized spacial score (nSPS) is 17.4. The summed E-state index contributed by atoms with van der Waals surface area (Å²) in [5, 5.41) is 4.43. The summed E-state index contributed by atoms with van der Waals surface area (Å²) in [7, 11) is 0. The third-order valence-corrected chi connectivity index (χ3v) is 5.59. The van der Waals surface area contributed by atoms with Crippen molar-refractivity contribution in [1.82, 2.24) is 20.2 Å². The predicted octanol–water partition coefficient (Wildman–Crippen LogP) is 3.00. The Bertz CT molecular complexity index is 951. The standard InChI is InChI=1S/C19H22N4O3S/c1-3-13-9-23(7-6-20-13)19(24)16-10-26-18(22-16)11-25-14-4-5-17-15(8-14)21-12(2)27-17/h4-5,8,10,13,20H,3,6-7,9,11H2,1-2H3/t13-/m0/s1. The number of thiazole rings is 1. The Morgan fingerprint density at radius 2 is 2.33 bits per heavy atom. The molecule has 1 atom stereocenters. The molecule has 4 rings (SSSR count). The zero-order valence-corrected chi connectivity index (χ0v) is 16.2. The van der Waals surface area contributed by atoms with Crippen molar-refractivity contribution >= 4 is 27.5 Å². The van der Waals surface area contributed by atoms with Crippen LogP contribution in [0.5, 0.6) is 5.75 Å². The number of ether oxygens (including phenoxy) is 1. The Morgan fingerprint density at radius 1 is 1.44 bits per heavy atom. The highest BCUT2D eigenvalue weighted by molar-refractivity contribution is 7.18. The van der Waals surface area contributed by atoms with Crippen LogP contribution in [-0.2, 0) is 6.61 Å². The van der Waals surface area contributed by atoms with Crippen molar-refractivity contribution in [3.63, 3.8) is 0 Å². The molecular weight excluding hydrogens is 364 g/mol. The molecule has 1 amide bonds. The predicted molar refractivity (Wildman–Crippen MR) is 103 cm³/mol. The molecule has 1 aliphatic rings. The smallest absolute Gasteiger partial charge is 0.275 e. The first-order valence-corrected chi connectivity index (χ1v) is 9.91. The second-order valence-corrected chi connectivity index (χ2v) is 7.82. The summed E-state index contributed by atoms with van der Waals surface area (Å²) in [5.41, 5.74) is 1.25. The summed E-state index contributed by atoms with van der Waals surface area (Å²) >= 11 is 1.65. The lowest BCUT2D eigenvalue weighted by atomic mass is 10.1. The van der Waals surface area contributed by atoms with Crippen LogP contribution in [0.25, 0.3) is 10.2 Å². The summed E-state index contributed by atoms with van der Waals surface area (Å²) in [6.07, 6.45) is 2.40. The number of carbonyl (C=O) groups is 1. The average molecular weight is 386 g/mol. The number of rotatable bonds is 5. The number of hydrogen-bond acceptors (Lipinski definition) is 7. The van der Waals surface area contributed by atoms with Gasteiger partial charge in [0.2, 0.25) is 5.89 Å². The van der Waals surface area contributed by atoms with Gasteiger partial charge in [-0.15, -0.1) is 11.3 Å². The fraction of sp³-hybridized carbons (Fsp3) is 0.421. The maximum absolute atomic E-state index is 12.6. The lowest BCUT2D eigenvalue weighted by molar-refractivity contribution is 0.0695. The van der Waals surface area contributed by atoms with Crippen molar-refractivity contribution in [3.8, 4) is 5.75 Å². The molecule has 3 heterocycles. The largest absolute Gasteiger partial charge is 0.484 e. The van der Waals surface area contributed by atoms with Crippen molar-refractivity contribution in [2.45, 2.75) is 32.9 Å². The summed E-state index contributed by atoms with van der Waals surface area (Å²) in [6.45, 7) is 6.44. The number of carbonyl (C=O) groups excluding carboxylic acids is 1. The Balaban J connectivity index is 1.39. The minimum Gasteiger partial charge on any atom is -0.484 e. The van der Waals surface area contributed by atoms with Crippen LogP contribution >= 0.6 is 11.3 Å². The lowest BCUT2D eigenvalue weighted by Crippen LogP contribution is -2.52. The van der Waals surface area contributed by atoms with Crippen LogP contribution in [-0.4, -0.2) is 46.5 Å². The summed E-state index contributed by atoms with van der Waals surface area (Å²) in [6, 6.07) is 6.13. The Morgan fingerprint density at radius 3 is 3.19 bits per heavy atom. The van der Waals surface area contributed by atoms with Crippen LogP contribution in [0.2, 0.25) is 0 Å². The molecule has 2 aromatic heterocycles. The number of hydrogen-bond donors (Lipinski definition) is 1. The molecule has 0 saturated carbocycles. The number of fused-ring (bicyclic) bond motifs is 1. The Kier molecular flexibility index (Phi) is 5.09. The molecule has 7 nitrogen and oxygen atoms in total. The molecular formula is C19H22N4O3S. The molecule has 8 heteroatoms. The van der Waals surface area contributed by atoms with Gasteiger partial charge in [-0.3, -0.25) is 4.79 Å². The van der Waals surface area contributed by atoms with E-state index in [-0.39, 0.29) is 12.5 Å². The van der Waals surface area contributed by atoms with Crippen LogP contribution in [0.1, 0.15) is 34.7 Å². The van der Waals surface area contributed by atoms with E-state index in [1.807, 2.05) is 30.0 Å². The minimum absolute atomic E-state index is 0.0932. The van der Waals surface area contributed by atoms with Gasteiger partial charge in [-0.1, -0.05) is 6.92 Å². The van der Waals surface area contributed by atoms with E-state index in [9.17, 15) is 4.79 Å². The monoisotopic (exact) mass is 386 g/mol. The van der Waals surface area contributed by atoms with Crippen molar-refractivity contribution < 1.29 is 13.9 Å². The second kappa shape index (κ2) is 7.66. The summed E-state index contributed by atoms with van der Waals surface area (Å²) in [5.74, 6) is 0.992. The molecule has 1 fully saturated rings. The van der Waals surface area contributed by atoms with Crippen LogP contribution in [0.4, 0.5) is 0 Å². The molecule has 0 aliphatic carbocycles. The molecule has 3 aromatic rings. The van der Waals surface area contributed by atoms with Crippen LogP contribution < -0.4 is 10.1 Å². The highest BCUT2D eigenvalue weighted by atomic mass is 32.1. The van der Waals surface area contributed by atoms with Crippen molar-refractivity contribution in [3.05, 3.63) is 41.1 Å². The highest BCUT2D eigenvalue weighted by Gasteiger charge is 2.25. The summed E-state index contributed by atoms with van der Waals surface area (Å²) < 4.78 is 12.3. The first kappa shape index (κ1) is 17.9. The van der Waals surface area contributed by atoms with Gasteiger partial charge in [0, 0.05) is 31.7 Å². The van der Waals surface area contributed by atoms with Crippen LogP contribution in [0.15, 0.2) is 28.9 Å². The van der Waals surface area contributed by atoms with Crippen LogP contribution in [0, 0.1) is 6.92 Å². The quantitative estimate of drug-likeness (QED) is 0.726. The maximum atomic E-state index is 12.6. The fourth-order valence-electron chi connectivity index (χ4n) is 3.18. The molecule has 1 aromatic carbocycles. The Labute approximate surface area is 161 Å². The molecule has 1 aliphatic heterocycles. The second-order valence-electron chi connectivity index (χ2n) is 6.59. The molecule has 1 saturated heterocycles. The number of nitrogens with one attached hydrogen (secondary N) is 1. The molecule has 27 heavy (non-hydrogen) atoms. The zero-order valence-electron chi connectivity index (χ0n) is 15.4. The van der Waals surface area contributed by atoms with E-state index in [0.717, 1.165) is 28.2 Å². The van der Waals surface area contributed by atoms with E-state index in [0.29, 0.717) is 36.5 Å². The van der Waals surface area contributed by atoms with Gasteiger partial charge in [-0.2, -0.15) is 0 Å². The molecule has 0 bridgehead atoms. The van der Waals surface area contributed by atoms with Gasteiger partial charge in [0.15, 0.2) is 12.3 Å². The summed E-state index contributed by atoms with van der Waals surface area (Å²) in [4.78, 5) is 23.2. The molecule has 0 unspecified atom stereocenters. The third kappa shape index (κ3) is 3.96. The van der Waals surface area contributed by atoms with Gasteiger partial charge in [0.25, 0.3) is 5.91 Å². The SMILES string of the molecule is CC[C@H]1CN(C(=O)c2coc(COc3ccc4sc(C)nc4c3)n2)CCN1. The molecule has 0 radical (unpaired) electrons. The first-order chi connectivity index (χ1) is 13.1. The van der Waals surface area contributed by atoms with Gasteiger partial charge >= 0.3 is 0 Å². The third-order valence-electron chi connectivity index (χ3n) is 4.63. The number of piperazine rings is 1. The average Bonchev–Trinajstić information content (AvgIpc) is 3.31. The molecule has 1 N–H and O–H groups in total. The minimum atomic E-state index is -0.0932. The van der Waals surface area contributed by atoms with Crippen molar-refractivity contribution in [2.75, 3.05) is 19.6 Å². The Hall–Kier alpha value is -2.45. The van der Waals surface area contributed by atoms with Gasteiger partial charge in [-0.05, 0) is 25.5 Å². The van der Waals surface area contributed by atoms with Gasteiger partial charge < -0.3 is 19.4 Å². The number of aryl methyl sites for hydroxylation is 1. The van der Waals surface area contributed by atoms with E-state index < -0.39 is 0 Å². The topological polar surface area (TPSA) is 80.5 Å².